The van der Waals surface area contributed by atoms with Crippen LogP contribution in [0.15, 0.2) is 24.3 Å². The lowest BCUT2D eigenvalue weighted by Crippen LogP contribution is -1.98. The predicted molar refractivity (Wildman–Crippen MR) is 80.0 cm³/mol. The molecule has 0 N–H and O–H groups in total. The van der Waals surface area contributed by atoms with Gasteiger partial charge in [0.25, 0.3) is 0 Å². The third kappa shape index (κ3) is 6.80. The van der Waals surface area contributed by atoms with Gasteiger partial charge in [-0.05, 0) is 49.3 Å². The first kappa shape index (κ1) is 15.2. The van der Waals surface area contributed by atoms with Crippen molar-refractivity contribution in [3.8, 4) is 11.5 Å². The largest absolute Gasteiger partial charge is 0.494 e. The molecular weight excluding hydrogens is 244 g/mol. The highest BCUT2D eigenvalue weighted by molar-refractivity contribution is 7.80. The molecular formula is C15H24O2S. The summed E-state index contributed by atoms with van der Waals surface area (Å²) in [5.74, 6) is 2.83. The Bertz CT molecular complexity index is 298. The van der Waals surface area contributed by atoms with E-state index in [1.165, 1.54) is 19.3 Å². The van der Waals surface area contributed by atoms with Crippen LogP contribution in [0.25, 0.3) is 0 Å². The Hall–Kier alpha value is -0.830. The summed E-state index contributed by atoms with van der Waals surface area (Å²) in [6.45, 7) is 3.66. The summed E-state index contributed by atoms with van der Waals surface area (Å²) >= 11 is 4.19. The van der Waals surface area contributed by atoms with Gasteiger partial charge < -0.3 is 9.47 Å². The number of benzene rings is 1. The van der Waals surface area contributed by atoms with Gasteiger partial charge in [0.2, 0.25) is 0 Å². The minimum atomic E-state index is 0.769. The molecule has 0 saturated carbocycles. The van der Waals surface area contributed by atoms with E-state index in [0.29, 0.717) is 0 Å². The summed E-state index contributed by atoms with van der Waals surface area (Å²) in [7, 11) is 0. The lowest BCUT2D eigenvalue weighted by atomic mass is 10.2. The van der Waals surface area contributed by atoms with E-state index >= 15 is 0 Å². The van der Waals surface area contributed by atoms with Crippen molar-refractivity contribution in [2.75, 3.05) is 19.0 Å². The van der Waals surface area contributed by atoms with Gasteiger partial charge in [-0.25, -0.2) is 0 Å². The van der Waals surface area contributed by atoms with E-state index in [1.54, 1.807) is 0 Å². The van der Waals surface area contributed by atoms with Crippen molar-refractivity contribution in [2.24, 2.45) is 0 Å². The highest BCUT2D eigenvalue weighted by Gasteiger charge is 1.96. The van der Waals surface area contributed by atoms with Crippen LogP contribution >= 0.6 is 12.6 Å². The average Bonchev–Trinajstić information content (AvgIpc) is 2.42. The van der Waals surface area contributed by atoms with Crippen molar-refractivity contribution < 1.29 is 9.47 Å². The molecule has 0 heterocycles. The summed E-state index contributed by atoms with van der Waals surface area (Å²) in [6.07, 6.45) is 5.81. The zero-order valence-corrected chi connectivity index (χ0v) is 12.1. The van der Waals surface area contributed by atoms with Gasteiger partial charge in [-0.3, -0.25) is 0 Å². The van der Waals surface area contributed by atoms with Crippen LogP contribution in [-0.4, -0.2) is 19.0 Å². The first-order valence-corrected chi connectivity index (χ1v) is 7.46. The molecule has 0 bridgehead atoms. The molecule has 0 aliphatic heterocycles. The van der Waals surface area contributed by atoms with E-state index in [9.17, 15) is 0 Å². The molecule has 0 fully saturated rings. The van der Waals surface area contributed by atoms with Crippen molar-refractivity contribution in [3.05, 3.63) is 24.3 Å². The Labute approximate surface area is 116 Å². The minimum absolute atomic E-state index is 0.769. The average molecular weight is 268 g/mol. The molecule has 102 valence electrons. The molecule has 0 saturated heterocycles. The molecule has 0 aliphatic carbocycles. The number of rotatable bonds is 10. The molecule has 2 nitrogen and oxygen atoms in total. The number of hydrogen-bond donors (Lipinski definition) is 1. The highest BCUT2D eigenvalue weighted by atomic mass is 32.1. The second-order valence-electron chi connectivity index (χ2n) is 4.31. The first-order chi connectivity index (χ1) is 8.86. The number of hydrogen-bond acceptors (Lipinski definition) is 3. The van der Waals surface area contributed by atoms with Crippen LogP contribution in [0.4, 0.5) is 0 Å². The Morgan fingerprint density at radius 3 is 1.94 bits per heavy atom. The summed E-state index contributed by atoms with van der Waals surface area (Å²) in [4.78, 5) is 0. The second kappa shape index (κ2) is 10.1. The standard InChI is InChI=1S/C15H24O2S/c1-2-11-16-14-7-9-15(10-8-14)17-12-5-3-4-6-13-18/h7-10,18H,2-6,11-13H2,1H3. The second-order valence-corrected chi connectivity index (χ2v) is 4.75. The highest BCUT2D eigenvalue weighted by Crippen LogP contribution is 2.18. The molecule has 0 spiro atoms. The van der Waals surface area contributed by atoms with E-state index in [2.05, 4.69) is 19.6 Å². The monoisotopic (exact) mass is 268 g/mol. The van der Waals surface area contributed by atoms with E-state index < -0.39 is 0 Å². The molecule has 1 rings (SSSR count). The van der Waals surface area contributed by atoms with E-state index in [4.69, 9.17) is 9.47 Å². The Morgan fingerprint density at radius 1 is 0.833 bits per heavy atom. The van der Waals surface area contributed by atoms with Crippen molar-refractivity contribution in [2.45, 2.75) is 39.0 Å². The van der Waals surface area contributed by atoms with Crippen molar-refractivity contribution in [3.63, 3.8) is 0 Å². The van der Waals surface area contributed by atoms with E-state index in [1.807, 2.05) is 24.3 Å². The Balaban J connectivity index is 2.14. The molecule has 0 atom stereocenters. The van der Waals surface area contributed by atoms with Crippen molar-refractivity contribution in [1.29, 1.82) is 0 Å². The normalized spacial score (nSPS) is 10.3. The molecule has 0 unspecified atom stereocenters. The van der Waals surface area contributed by atoms with Gasteiger partial charge in [-0.2, -0.15) is 12.6 Å². The van der Waals surface area contributed by atoms with Crippen LogP contribution in [0.2, 0.25) is 0 Å². The van der Waals surface area contributed by atoms with E-state index in [0.717, 1.165) is 43.3 Å². The molecule has 0 amide bonds. The number of ether oxygens (including phenoxy) is 2. The van der Waals surface area contributed by atoms with Crippen LogP contribution in [0, 0.1) is 0 Å². The van der Waals surface area contributed by atoms with Gasteiger partial charge >= 0.3 is 0 Å². The van der Waals surface area contributed by atoms with Gasteiger partial charge in [0, 0.05) is 0 Å². The topological polar surface area (TPSA) is 18.5 Å². The lowest BCUT2D eigenvalue weighted by Gasteiger charge is -2.08. The van der Waals surface area contributed by atoms with Gasteiger partial charge in [0.15, 0.2) is 0 Å². The number of unbranched alkanes of at least 4 members (excludes halogenated alkanes) is 3. The maximum atomic E-state index is 5.67. The fourth-order valence-corrected chi connectivity index (χ4v) is 1.83. The molecule has 1 aromatic carbocycles. The zero-order chi connectivity index (χ0) is 13.1. The fraction of sp³-hybridized carbons (Fsp3) is 0.600. The van der Waals surface area contributed by atoms with Gasteiger partial charge in [-0.15, -0.1) is 0 Å². The third-order valence-electron chi connectivity index (χ3n) is 2.62. The van der Waals surface area contributed by atoms with Crippen LogP contribution in [-0.2, 0) is 0 Å². The van der Waals surface area contributed by atoms with Crippen LogP contribution < -0.4 is 9.47 Å². The minimum Gasteiger partial charge on any atom is -0.494 e. The Kier molecular flexibility index (Phi) is 8.57. The number of thiol groups is 1. The molecule has 3 heteroatoms. The van der Waals surface area contributed by atoms with Gasteiger partial charge in [-0.1, -0.05) is 19.8 Å². The summed E-state index contributed by atoms with van der Waals surface area (Å²) in [5.41, 5.74) is 0. The van der Waals surface area contributed by atoms with Crippen LogP contribution in [0.3, 0.4) is 0 Å². The maximum absolute atomic E-state index is 5.67. The van der Waals surface area contributed by atoms with Crippen molar-refractivity contribution >= 4 is 12.6 Å². The summed E-state index contributed by atoms with van der Waals surface area (Å²) in [6, 6.07) is 7.87. The van der Waals surface area contributed by atoms with E-state index in [-0.39, 0.29) is 0 Å². The van der Waals surface area contributed by atoms with Gasteiger partial charge in [0.1, 0.15) is 11.5 Å². The molecule has 18 heavy (non-hydrogen) atoms. The SMILES string of the molecule is CCCOc1ccc(OCCCCCCS)cc1. The van der Waals surface area contributed by atoms with Crippen LogP contribution in [0.5, 0.6) is 11.5 Å². The molecule has 0 aromatic heterocycles. The predicted octanol–water partition coefficient (Wildman–Crippen LogP) is 4.34. The maximum Gasteiger partial charge on any atom is 0.119 e. The van der Waals surface area contributed by atoms with Crippen molar-refractivity contribution in [1.82, 2.24) is 0 Å². The fourth-order valence-electron chi connectivity index (χ4n) is 1.61. The Morgan fingerprint density at radius 2 is 1.39 bits per heavy atom. The smallest absolute Gasteiger partial charge is 0.119 e. The molecule has 1 aromatic rings. The zero-order valence-electron chi connectivity index (χ0n) is 11.2. The third-order valence-corrected chi connectivity index (χ3v) is 2.93. The van der Waals surface area contributed by atoms with Crippen LogP contribution in [0.1, 0.15) is 39.0 Å². The lowest BCUT2D eigenvalue weighted by molar-refractivity contribution is 0.301. The first-order valence-electron chi connectivity index (χ1n) is 6.83. The quantitative estimate of drug-likeness (QED) is 0.502. The summed E-state index contributed by atoms with van der Waals surface area (Å²) in [5, 5.41) is 0. The molecule has 0 radical (unpaired) electrons. The molecule has 0 aliphatic rings. The summed E-state index contributed by atoms with van der Waals surface area (Å²) < 4.78 is 11.2. The van der Waals surface area contributed by atoms with Gasteiger partial charge in [0.05, 0.1) is 13.2 Å².